The van der Waals surface area contributed by atoms with Crippen molar-refractivity contribution < 1.29 is 4.79 Å². The molecule has 1 aromatic carbocycles. The summed E-state index contributed by atoms with van der Waals surface area (Å²) in [6.45, 7) is 2.38. The molecule has 19 heavy (non-hydrogen) atoms. The van der Waals surface area contributed by atoms with Gasteiger partial charge in [-0.3, -0.25) is 9.78 Å². The monoisotopic (exact) mass is 319 g/mol. The summed E-state index contributed by atoms with van der Waals surface area (Å²) >= 11 is 3.43. The fraction of sp³-hybridized carbons (Fsp3) is 0.143. The van der Waals surface area contributed by atoms with Crippen LogP contribution in [-0.4, -0.2) is 10.9 Å². The third-order valence-corrected chi connectivity index (χ3v) is 3.58. The zero-order valence-corrected chi connectivity index (χ0v) is 12.1. The Kier molecular flexibility index (Phi) is 4.29. The van der Waals surface area contributed by atoms with E-state index in [0.717, 1.165) is 21.3 Å². The van der Waals surface area contributed by atoms with Gasteiger partial charge in [0.15, 0.2) is 0 Å². The zero-order chi connectivity index (χ0) is 13.8. The molecule has 0 spiro atoms. The number of pyridine rings is 1. The van der Waals surface area contributed by atoms with Gasteiger partial charge in [0.25, 0.3) is 5.91 Å². The number of aryl methyl sites for hydroxylation is 1. The summed E-state index contributed by atoms with van der Waals surface area (Å²) < 4.78 is 0.953. The number of anilines is 1. The number of hydrogen-bond donors (Lipinski definition) is 2. The number of nitrogens with two attached hydrogens (primary N) is 1. The Bertz CT molecular complexity index is 613. The standard InChI is InChI=1S/C14H14BrN3O/c1-9-2-3-11(7-12(9)15)18-14(19)13-6-10(8-16)4-5-17-13/h2-7H,8,16H2,1H3,(H,18,19). The summed E-state index contributed by atoms with van der Waals surface area (Å²) in [6.07, 6.45) is 1.59. The van der Waals surface area contributed by atoms with Gasteiger partial charge in [-0.2, -0.15) is 0 Å². The van der Waals surface area contributed by atoms with Crippen LogP contribution in [0.25, 0.3) is 0 Å². The molecular formula is C14H14BrN3O. The minimum atomic E-state index is -0.244. The van der Waals surface area contributed by atoms with Crippen LogP contribution >= 0.6 is 15.9 Å². The molecular weight excluding hydrogens is 306 g/mol. The first-order chi connectivity index (χ1) is 9.10. The summed E-state index contributed by atoms with van der Waals surface area (Å²) in [5, 5.41) is 2.81. The van der Waals surface area contributed by atoms with E-state index in [9.17, 15) is 4.79 Å². The highest BCUT2D eigenvalue weighted by molar-refractivity contribution is 9.10. The van der Waals surface area contributed by atoms with Gasteiger partial charge in [-0.05, 0) is 42.3 Å². The normalized spacial score (nSPS) is 10.3. The Balaban J connectivity index is 2.18. The number of carbonyl (C=O) groups excluding carboxylic acids is 1. The van der Waals surface area contributed by atoms with E-state index >= 15 is 0 Å². The molecule has 4 nitrogen and oxygen atoms in total. The first-order valence-electron chi connectivity index (χ1n) is 5.82. The van der Waals surface area contributed by atoms with Gasteiger partial charge < -0.3 is 11.1 Å². The van der Waals surface area contributed by atoms with E-state index in [1.807, 2.05) is 25.1 Å². The summed E-state index contributed by atoms with van der Waals surface area (Å²) in [5.41, 5.74) is 8.62. The molecule has 0 unspecified atom stereocenters. The molecule has 0 saturated carbocycles. The highest BCUT2D eigenvalue weighted by atomic mass is 79.9. The van der Waals surface area contributed by atoms with Crippen LogP contribution in [0.2, 0.25) is 0 Å². The van der Waals surface area contributed by atoms with Gasteiger partial charge in [-0.15, -0.1) is 0 Å². The Morgan fingerprint density at radius 1 is 1.37 bits per heavy atom. The second kappa shape index (κ2) is 5.95. The minimum absolute atomic E-state index is 0.244. The Hall–Kier alpha value is -1.72. The maximum atomic E-state index is 12.0. The molecule has 2 rings (SSSR count). The number of rotatable bonds is 3. The van der Waals surface area contributed by atoms with Crippen molar-refractivity contribution in [3.05, 3.63) is 57.8 Å². The minimum Gasteiger partial charge on any atom is -0.326 e. The molecule has 0 radical (unpaired) electrons. The molecule has 0 saturated heterocycles. The summed E-state index contributed by atoms with van der Waals surface area (Å²) in [4.78, 5) is 16.1. The topological polar surface area (TPSA) is 68.0 Å². The number of nitrogens with zero attached hydrogens (tertiary/aromatic N) is 1. The lowest BCUT2D eigenvalue weighted by Gasteiger charge is -2.07. The molecule has 0 aliphatic carbocycles. The quantitative estimate of drug-likeness (QED) is 0.914. The summed E-state index contributed by atoms with van der Waals surface area (Å²) in [7, 11) is 0. The average Bonchev–Trinajstić information content (AvgIpc) is 2.43. The van der Waals surface area contributed by atoms with Crippen LogP contribution in [0, 0.1) is 6.92 Å². The Morgan fingerprint density at radius 2 is 2.16 bits per heavy atom. The van der Waals surface area contributed by atoms with Crippen LogP contribution in [0.3, 0.4) is 0 Å². The largest absolute Gasteiger partial charge is 0.326 e. The van der Waals surface area contributed by atoms with Gasteiger partial charge in [0.2, 0.25) is 0 Å². The predicted octanol–water partition coefficient (Wildman–Crippen LogP) is 2.86. The average molecular weight is 320 g/mol. The predicted molar refractivity (Wildman–Crippen MR) is 79.0 cm³/mol. The lowest BCUT2D eigenvalue weighted by Crippen LogP contribution is -2.14. The highest BCUT2D eigenvalue weighted by Gasteiger charge is 2.08. The van der Waals surface area contributed by atoms with Crippen LogP contribution < -0.4 is 11.1 Å². The van der Waals surface area contributed by atoms with Crippen molar-refractivity contribution in [1.82, 2.24) is 4.98 Å². The van der Waals surface area contributed by atoms with Gasteiger partial charge in [-0.1, -0.05) is 22.0 Å². The van der Waals surface area contributed by atoms with Gasteiger partial charge in [0.1, 0.15) is 5.69 Å². The molecule has 0 atom stereocenters. The molecule has 1 amide bonds. The van der Waals surface area contributed by atoms with E-state index in [-0.39, 0.29) is 5.91 Å². The summed E-state index contributed by atoms with van der Waals surface area (Å²) in [5.74, 6) is -0.244. The molecule has 0 aliphatic heterocycles. The first-order valence-corrected chi connectivity index (χ1v) is 6.62. The fourth-order valence-electron chi connectivity index (χ4n) is 1.59. The highest BCUT2D eigenvalue weighted by Crippen LogP contribution is 2.21. The smallest absolute Gasteiger partial charge is 0.274 e. The second-order valence-corrected chi connectivity index (χ2v) is 5.03. The molecule has 0 fully saturated rings. The van der Waals surface area contributed by atoms with Crippen molar-refractivity contribution in [2.75, 3.05) is 5.32 Å². The number of benzene rings is 1. The van der Waals surface area contributed by atoms with Crippen molar-refractivity contribution in [2.24, 2.45) is 5.73 Å². The molecule has 0 aliphatic rings. The number of hydrogen-bond acceptors (Lipinski definition) is 3. The molecule has 1 aromatic heterocycles. The molecule has 2 aromatic rings. The second-order valence-electron chi connectivity index (χ2n) is 4.17. The SMILES string of the molecule is Cc1ccc(NC(=O)c2cc(CN)ccn2)cc1Br. The lowest BCUT2D eigenvalue weighted by molar-refractivity contribution is 0.102. The maximum absolute atomic E-state index is 12.0. The van der Waals surface area contributed by atoms with E-state index in [1.54, 1.807) is 18.3 Å². The van der Waals surface area contributed by atoms with Crippen LogP contribution in [0.1, 0.15) is 21.6 Å². The van der Waals surface area contributed by atoms with Crippen molar-refractivity contribution >= 4 is 27.5 Å². The molecule has 3 N–H and O–H groups in total. The van der Waals surface area contributed by atoms with E-state index in [2.05, 4.69) is 26.2 Å². The number of carbonyl (C=O) groups is 1. The lowest BCUT2D eigenvalue weighted by atomic mass is 10.2. The van der Waals surface area contributed by atoms with Crippen molar-refractivity contribution in [3.8, 4) is 0 Å². The Morgan fingerprint density at radius 3 is 2.84 bits per heavy atom. The van der Waals surface area contributed by atoms with E-state index in [0.29, 0.717) is 12.2 Å². The Labute approximate surface area is 120 Å². The molecule has 0 bridgehead atoms. The number of halogens is 1. The van der Waals surface area contributed by atoms with Crippen LogP contribution in [0.15, 0.2) is 41.0 Å². The van der Waals surface area contributed by atoms with Crippen molar-refractivity contribution in [1.29, 1.82) is 0 Å². The number of nitrogens with one attached hydrogen (secondary N) is 1. The molecule has 5 heteroatoms. The zero-order valence-electron chi connectivity index (χ0n) is 10.5. The van der Waals surface area contributed by atoms with Gasteiger partial charge in [0, 0.05) is 22.9 Å². The van der Waals surface area contributed by atoms with Gasteiger partial charge >= 0.3 is 0 Å². The van der Waals surface area contributed by atoms with Crippen LogP contribution in [0.4, 0.5) is 5.69 Å². The maximum Gasteiger partial charge on any atom is 0.274 e. The van der Waals surface area contributed by atoms with Gasteiger partial charge in [0.05, 0.1) is 0 Å². The van der Waals surface area contributed by atoms with Crippen molar-refractivity contribution in [3.63, 3.8) is 0 Å². The van der Waals surface area contributed by atoms with E-state index < -0.39 is 0 Å². The third kappa shape index (κ3) is 3.39. The first kappa shape index (κ1) is 13.7. The molecule has 98 valence electrons. The molecule has 1 heterocycles. The number of amides is 1. The van der Waals surface area contributed by atoms with Crippen LogP contribution in [0.5, 0.6) is 0 Å². The van der Waals surface area contributed by atoms with Crippen LogP contribution in [-0.2, 0) is 6.54 Å². The summed E-state index contributed by atoms with van der Waals surface area (Å²) in [6, 6.07) is 9.13. The number of aromatic nitrogens is 1. The van der Waals surface area contributed by atoms with Gasteiger partial charge in [-0.25, -0.2) is 0 Å². The third-order valence-electron chi connectivity index (χ3n) is 2.72. The fourth-order valence-corrected chi connectivity index (χ4v) is 1.97. The van der Waals surface area contributed by atoms with Crippen molar-refractivity contribution in [2.45, 2.75) is 13.5 Å². The van der Waals surface area contributed by atoms with E-state index in [1.165, 1.54) is 0 Å². The van der Waals surface area contributed by atoms with E-state index in [4.69, 9.17) is 5.73 Å².